The predicted molar refractivity (Wildman–Crippen MR) is 84.5 cm³/mol. The van der Waals surface area contributed by atoms with Crippen LogP contribution in [0.15, 0.2) is 18.3 Å². The molecular weight excluding hydrogens is 290 g/mol. The van der Waals surface area contributed by atoms with Gasteiger partial charge in [-0.2, -0.15) is 5.10 Å². The van der Waals surface area contributed by atoms with E-state index in [1.807, 2.05) is 26.2 Å². The van der Waals surface area contributed by atoms with Crippen molar-refractivity contribution in [1.29, 1.82) is 0 Å². The summed E-state index contributed by atoms with van der Waals surface area (Å²) in [5.74, 6) is 1.25. The first-order chi connectivity index (χ1) is 9.96. The number of rotatable bonds is 5. The number of nitrogens with zero attached hydrogens (tertiary/aromatic N) is 2. The van der Waals surface area contributed by atoms with Gasteiger partial charge in [-0.1, -0.05) is 11.6 Å². The Morgan fingerprint density at radius 1 is 1.24 bits per heavy atom. The maximum atomic E-state index is 6.29. The molecule has 1 aromatic carbocycles. The Balaban J connectivity index is 2.28. The van der Waals surface area contributed by atoms with Crippen molar-refractivity contribution in [3.05, 3.63) is 34.6 Å². The van der Waals surface area contributed by atoms with Crippen molar-refractivity contribution in [2.24, 2.45) is 7.05 Å². The highest BCUT2D eigenvalue weighted by atomic mass is 35.5. The third-order valence-electron chi connectivity index (χ3n) is 3.36. The molecule has 1 unspecified atom stereocenters. The molecule has 21 heavy (non-hydrogen) atoms. The molecule has 2 rings (SSSR count). The zero-order chi connectivity index (χ0) is 15.6. The van der Waals surface area contributed by atoms with Gasteiger partial charge in [-0.15, -0.1) is 0 Å². The molecule has 1 heterocycles. The van der Waals surface area contributed by atoms with Crippen LogP contribution in [0, 0.1) is 6.92 Å². The average molecular weight is 310 g/mol. The lowest BCUT2D eigenvalue weighted by molar-refractivity contribution is 0.355. The Kier molecular flexibility index (Phi) is 4.63. The summed E-state index contributed by atoms with van der Waals surface area (Å²) in [4.78, 5) is 0. The Morgan fingerprint density at radius 3 is 2.38 bits per heavy atom. The normalized spacial score (nSPS) is 12.1. The van der Waals surface area contributed by atoms with Gasteiger partial charge in [0.2, 0.25) is 0 Å². The highest BCUT2D eigenvalue weighted by Gasteiger charge is 2.15. The fourth-order valence-corrected chi connectivity index (χ4v) is 2.53. The van der Waals surface area contributed by atoms with E-state index in [-0.39, 0.29) is 6.04 Å². The lowest BCUT2D eigenvalue weighted by Crippen LogP contribution is -2.08. The number of ether oxygens (including phenoxy) is 2. The maximum Gasteiger partial charge on any atom is 0.162 e. The number of aromatic nitrogens is 2. The Labute approximate surface area is 129 Å². The van der Waals surface area contributed by atoms with E-state index < -0.39 is 0 Å². The predicted octanol–water partition coefficient (Wildman–Crippen LogP) is 3.57. The van der Waals surface area contributed by atoms with Gasteiger partial charge in [0.05, 0.1) is 36.7 Å². The minimum absolute atomic E-state index is 0.0781. The SMILES string of the molecule is COc1cc(Cl)c(NC(C)c2cn(C)nc2C)cc1OC. The molecule has 6 heteroatoms. The number of nitrogens with one attached hydrogen (secondary N) is 1. The van der Waals surface area contributed by atoms with E-state index in [2.05, 4.69) is 17.3 Å². The van der Waals surface area contributed by atoms with Crippen LogP contribution in [0.1, 0.15) is 24.2 Å². The van der Waals surface area contributed by atoms with Gasteiger partial charge >= 0.3 is 0 Å². The molecule has 0 radical (unpaired) electrons. The summed E-state index contributed by atoms with van der Waals surface area (Å²) in [6.07, 6.45) is 2.00. The Hall–Kier alpha value is -1.88. The monoisotopic (exact) mass is 309 g/mol. The summed E-state index contributed by atoms with van der Waals surface area (Å²) in [5, 5.41) is 8.33. The van der Waals surface area contributed by atoms with Gasteiger partial charge in [-0.25, -0.2) is 0 Å². The number of aryl methyl sites for hydroxylation is 2. The number of benzene rings is 1. The summed E-state index contributed by atoms with van der Waals surface area (Å²) in [7, 11) is 5.10. The average Bonchev–Trinajstić information content (AvgIpc) is 2.79. The first kappa shape index (κ1) is 15.5. The van der Waals surface area contributed by atoms with Crippen molar-refractivity contribution in [2.75, 3.05) is 19.5 Å². The van der Waals surface area contributed by atoms with Gasteiger partial charge in [-0.3, -0.25) is 4.68 Å². The molecule has 2 aromatic rings. The zero-order valence-electron chi connectivity index (χ0n) is 12.9. The van der Waals surface area contributed by atoms with Crippen LogP contribution in [-0.4, -0.2) is 24.0 Å². The Morgan fingerprint density at radius 2 is 1.86 bits per heavy atom. The van der Waals surface area contributed by atoms with Gasteiger partial charge in [0.1, 0.15) is 0 Å². The van der Waals surface area contributed by atoms with E-state index in [9.17, 15) is 0 Å². The molecular formula is C15H20ClN3O2. The van der Waals surface area contributed by atoms with Gasteiger partial charge < -0.3 is 14.8 Å². The number of halogens is 1. The minimum atomic E-state index is 0.0781. The summed E-state index contributed by atoms with van der Waals surface area (Å²) < 4.78 is 12.3. The second kappa shape index (κ2) is 6.26. The van der Waals surface area contributed by atoms with E-state index in [0.717, 1.165) is 16.9 Å². The van der Waals surface area contributed by atoms with Crippen molar-refractivity contribution in [1.82, 2.24) is 9.78 Å². The van der Waals surface area contributed by atoms with Crippen LogP contribution in [-0.2, 0) is 7.05 Å². The van der Waals surface area contributed by atoms with Crippen LogP contribution >= 0.6 is 11.6 Å². The van der Waals surface area contributed by atoms with Crippen LogP contribution in [0.2, 0.25) is 5.02 Å². The van der Waals surface area contributed by atoms with E-state index in [4.69, 9.17) is 21.1 Å². The molecule has 0 aliphatic rings. The van der Waals surface area contributed by atoms with Gasteiger partial charge in [0, 0.05) is 30.9 Å². The van der Waals surface area contributed by atoms with Crippen molar-refractivity contribution >= 4 is 17.3 Å². The third kappa shape index (κ3) is 3.24. The molecule has 0 saturated carbocycles. The summed E-state index contributed by atoms with van der Waals surface area (Å²) in [6.45, 7) is 4.06. The highest BCUT2D eigenvalue weighted by molar-refractivity contribution is 6.33. The second-order valence-electron chi connectivity index (χ2n) is 4.90. The minimum Gasteiger partial charge on any atom is -0.493 e. The number of methoxy groups -OCH3 is 2. The molecule has 0 aliphatic carbocycles. The van der Waals surface area contributed by atoms with Gasteiger partial charge in [0.25, 0.3) is 0 Å². The summed E-state index contributed by atoms with van der Waals surface area (Å²) in [5.41, 5.74) is 2.92. The molecule has 5 nitrogen and oxygen atoms in total. The third-order valence-corrected chi connectivity index (χ3v) is 3.68. The summed E-state index contributed by atoms with van der Waals surface area (Å²) >= 11 is 6.29. The van der Waals surface area contributed by atoms with E-state index in [0.29, 0.717) is 16.5 Å². The van der Waals surface area contributed by atoms with Crippen LogP contribution < -0.4 is 14.8 Å². The highest BCUT2D eigenvalue weighted by Crippen LogP contribution is 2.37. The number of anilines is 1. The standard InChI is InChI=1S/C15H20ClN3O2/c1-9(11-8-19(3)18-10(11)2)17-13-7-15(21-5)14(20-4)6-12(13)16/h6-9,17H,1-5H3. The van der Waals surface area contributed by atoms with Crippen molar-refractivity contribution < 1.29 is 9.47 Å². The molecule has 0 spiro atoms. The van der Waals surface area contributed by atoms with E-state index in [1.165, 1.54) is 0 Å². The number of hydrogen-bond acceptors (Lipinski definition) is 4. The molecule has 1 aromatic heterocycles. The largest absolute Gasteiger partial charge is 0.493 e. The van der Waals surface area contributed by atoms with Crippen LogP contribution in [0.25, 0.3) is 0 Å². The lowest BCUT2D eigenvalue weighted by Gasteiger charge is -2.18. The lowest BCUT2D eigenvalue weighted by atomic mass is 10.1. The Bertz CT molecular complexity index is 640. The molecule has 1 N–H and O–H groups in total. The van der Waals surface area contributed by atoms with Crippen molar-refractivity contribution in [2.45, 2.75) is 19.9 Å². The zero-order valence-corrected chi connectivity index (χ0v) is 13.7. The van der Waals surface area contributed by atoms with E-state index in [1.54, 1.807) is 25.0 Å². The smallest absolute Gasteiger partial charge is 0.162 e. The first-order valence-corrected chi connectivity index (χ1v) is 7.02. The molecule has 0 saturated heterocycles. The van der Waals surface area contributed by atoms with Crippen molar-refractivity contribution in [3.8, 4) is 11.5 Å². The molecule has 0 aliphatic heterocycles. The van der Waals surface area contributed by atoms with Crippen molar-refractivity contribution in [3.63, 3.8) is 0 Å². The fourth-order valence-electron chi connectivity index (χ4n) is 2.32. The van der Waals surface area contributed by atoms with Crippen LogP contribution in [0.5, 0.6) is 11.5 Å². The fraction of sp³-hybridized carbons (Fsp3) is 0.400. The quantitative estimate of drug-likeness (QED) is 0.917. The van der Waals surface area contributed by atoms with Gasteiger partial charge in [-0.05, 0) is 13.8 Å². The molecule has 0 fully saturated rings. The first-order valence-electron chi connectivity index (χ1n) is 6.64. The van der Waals surface area contributed by atoms with E-state index >= 15 is 0 Å². The molecule has 0 bridgehead atoms. The van der Waals surface area contributed by atoms with Gasteiger partial charge in [0.15, 0.2) is 11.5 Å². The molecule has 1 atom stereocenters. The number of hydrogen-bond donors (Lipinski definition) is 1. The summed E-state index contributed by atoms with van der Waals surface area (Å²) in [6, 6.07) is 3.66. The topological polar surface area (TPSA) is 48.3 Å². The maximum absolute atomic E-state index is 6.29. The molecule has 0 amide bonds. The van der Waals surface area contributed by atoms with Crippen LogP contribution in [0.4, 0.5) is 5.69 Å². The molecule has 114 valence electrons. The van der Waals surface area contributed by atoms with Crippen LogP contribution in [0.3, 0.4) is 0 Å². The second-order valence-corrected chi connectivity index (χ2v) is 5.30.